The molecule has 1 aliphatic carbocycles. The number of anilines is 7. The fourth-order valence-corrected chi connectivity index (χ4v) is 10.4. The number of benzene rings is 3. The molecule has 0 spiro atoms. The highest BCUT2D eigenvalue weighted by Gasteiger charge is 2.47. The molecule has 0 amide bonds. The van der Waals surface area contributed by atoms with Crippen LogP contribution in [0.1, 0.15) is 182 Å². The predicted octanol–water partition coefficient (Wildman–Crippen LogP) is 15.1. The van der Waals surface area contributed by atoms with Crippen LogP contribution in [-0.2, 0) is 5.79 Å². The predicted molar refractivity (Wildman–Crippen MR) is 296 cm³/mol. The molecule has 4 rings (SSSR count). The molecule has 0 heterocycles. The summed E-state index contributed by atoms with van der Waals surface area (Å²) in [7, 11) is 4.47. The van der Waals surface area contributed by atoms with Gasteiger partial charge in [-0.1, -0.05) is 181 Å². The summed E-state index contributed by atoms with van der Waals surface area (Å²) < 4.78 is 1.89. The number of rotatable bonds is 37. The van der Waals surface area contributed by atoms with Gasteiger partial charge in [-0.05, 0) is 96.0 Å². The van der Waals surface area contributed by atoms with E-state index in [4.69, 9.17) is 11.8 Å². The Morgan fingerprint density at radius 3 is 1.79 bits per heavy atom. The molecule has 378 valence electrons. The first-order valence-corrected chi connectivity index (χ1v) is 27.6. The van der Waals surface area contributed by atoms with Crippen molar-refractivity contribution in [2.45, 2.75) is 189 Å². The van der Waals surface area contributed by atoms with E-state index in [9.17, 15) is 0 Å². The Morgan fingerprint density at radius 1 is 0.642 bits per heavy atom. The molecule has 1 fully saturated rings. The van der Waals surface area contributed by atoms with E-state index >= 15 is 0 Å². The fourth-order valence-electron chi connectivity index (χ4n) is 10.1. The lowest BCUT2D eigenvalue weighted by atomic mass is 9.93. The smallest absolute Gasteiger partial charge is 0.159 e. The highest BCUT2D eigenvalue weighted by molar-refractivity contribution is 6.29. The van der Waals surface area contributed by atoms with Crippen LogP contribution in [0.5, 0.6) is 0 Å². The van der Waals surface area contributed by atoms with Crippen LogP contribution in [0.4, 0.5) is 39.8 Å². The minimum absolute atomic E-state index is 0.307. The minimum atomic E-state index is -0.807. The van der Waals surface area contributed by atoms with Crippen molar-refractivity contribution in [1.82, 2.24) is 20.5 Å². The maximum absolute atomic E-state index is 8.24. The van der Waals surface area contributed by atoms with Crippen molar-refractivity contribution in [2.24, 2.45) is 5.92 Å². The van der Waals surface area contributed by atoms with Gasteiger partial charge in [-0.3, -0.25) is 15.1 Å². The number of hydrogen-bond donors (Lipinski definition) is 6. The standard InChI is InChI=1S/C56H97ClN10/c1-10-17-20-21-22-23-24-25-26-35-43-58-52-51(62-47-37-29-27-30-38-47)50(56(64(8)9,60-44-19-12-3)65(15-6)16-7)55(66(57)67(61-14-5)49-41-31-28-32-42-49)54(63-48-39-33-34-40-48)53(52)59-45-46(13-4)36-18-11-2/h27-32,37-38,41-42,46,48,58-63H,10-26,33-36,39-40,43-45H2,1-9H3. The van der Waals surface area contributed by atoms with Crippen molar-refractivity contribution < 1.29 is 0 Å². The topological polar surface area (TPSA) is 85.1 Å². The van der Waals surface area contributed by atoms with Crippen molar-refractivity contribution in [3.8, 4) is 0 Å². The third-order valence-corrected chi connectivity index (χ3v) is 14.3. The SMILES string of the molecule is CCCCCCCCCCCCNc1c(NCC(CC)CCCC)c(NC2CCCC2)c(N(Cl)N(NCC)c2ccccc2)c(C(NCCCC)(N(C)C)N(CC)CC)c1Nc1ccccc1. The molecule has 1 aliphatic rings. The molecular weight excluding hydrogens is 848 g/mol. The van der Waals surface area contributed by atoms with Gasteiger partial charge in [0.25, 0.3) is 0 Å². The van der Waals surface area contributed by atoms with E-state index in [1.54, 1.807) is 0 Å². The van der Waals surface area contributed by atoms with Crippen molar-refractivity contribution in [3.05, 3.63) is 66.2 Å². The summed E-state index contributed by atoms with van der Waals surface area (Å²) in [6, 6.07) is 21.6. The number of nitrogens with one attached hydrogen (secondary N) is 6. The second kappa shape index (κ2) is 31.7. The average molecular weight is 946 g/mol. The van der Waals surface area contributed by atoms with Crippen LogP contribution in [0.2, 0.25) is 0 Å². The number of unbranched alkanes of at least 4 members (excludes halogenated alkanes) is 11. The van der Waals surface area contributed by atoms with E-state index in [1.165, 1.54) is 89.9 Å². The second-order valence-electron chi connectivity index (χ2n) is 19.2. The molecule has 67 heavy (non-hydrogen) atoms. The zero-order valence-corrected chi connectivity index (χ0v) is 44.7. The Balaban J connectivity index is 2.14. The Hall–Kier alpha value is -3.41. The lowest BCUT2D eigenvalue weighted by molar-refractivity contribution is -0.0599. The highest BCUT2D eigenvalue weighted by Crippen LogP contribution is 2.55. The van der Waals surface area contributed by atoms with Gasteiger partial charge in [0.2, 0.25) is 0 Å². The van der Waals surface area contributed by atoms with Gasteiger partial charge in [0.15, 0.2) is 5.79 Å². The van der Waals surface area contributed by atoms with Gasteiger partial charge in [0, 0.05) is 43.1 Å². The van der Waals surface area contributed by atoms with Gasteiger partial charge >= 0.3 is 0 Å². The lowest BCUT2D eigenvalue weighted by Crippen LogP contribution is -2.65. The molecule has 0 radical (unpaired) electrons. The summed E-state index contributed by atoms with van der Waals surface area (Å²) >= 11 is 8.24. The molecule has 2 unspecified atom stereocenters. The zero-order valence-electron chi connectivity index (χ0n) is 44.0. The van der Waals surface area contributed by atoms with Gasteiger partial charge in [-0.25, -0.2) is 10.5 Å². The number of halogens is 1. The van der Waals surface area contributed by atoms with Crippen LogP contribution in [0, 0.1) is 5.92 Å². The molecule has 11 heteroatoms. The first-order chi connectivity index (χ1) is 32.7. The number of hydrogen-bond acceptors (Lipinski definition) is 10. The molecule has 3 aromatic rings. The number of para-hydroxylation sites is 2. The molecule has 0 bridgehead atoms. The molecule has 0 aliphatic heterocycles. The van der Waals surface area contributed by atoms with Crippen LogP contribution < -0.4 is 41.7 Å². The van der Waals surface area contributed by atoms with E-state index in [-0.39, 0.29) is 0 Å². The lowest BCUT2D eigenvalue weighted by Gasteiger charge is -2.51. The monoisotopic (exact) mass is 945 g/mol. The molecule has 1 saturated carbocycles. The first kappa shape index (κ1) is 56.2. The van der Waals surface area contributed by atoms with Crippen LogP contribution in [0.3, 0.4) is 0 Å². The van der Waals surface area contributed by atoms with Crippen LogP contribution in [0.25, 0.3) is 0 Å². The molecular formula is C56H97ClN10. The second-order valence-corrected chi connectivity index (χ2v) is 19.5. The highest BCUT2D eigenvalue weighted by atomic mass is 35.5. The van der Waals surface area contributed by atoms with Gasteiger partial charge in [0.05, 0.1) is 34.0 Å². The summed E-state index contributed by atoms with van der Waals surface area (Å²) in [4.78, 5) is 4.98. The Bertz CT molecular complexity index is 1730. The van der Waals surface area contributed by atoms with Crippen LogP contribution in [0.15, 0.2) is 60.7 Å². The Kier molecular flexibility index (Phi) is 26.6. The van der Waals surface area contributed by atoms with Crippen LogP contribution >= 0.6 is 11.8 Å². The molecule has 6 N–H and O–H groups in total. The van der Waals surface area contributed by atoms with Crippen molar-refractivity contribution in [1.29, 1.82) is 0 Å². The number of hydrazine groups is 2. The Morgan fingerprint density at radius 2 is 1.22 bits per heavy atom. The molecule has 0 saturated heterocycles. The summed E-state index contributed by atoms with van der Waals surface area (Å²) in [5.74, 6) is -0.275. The first-order valence-electron chi connectivity index (χ1n) is 27.3. The van der Waals surface area contributed by atoms with Gasteiger partial charge in [-0.15, -0.1) is 0 Å². The van der Waals surface area contributed by atoms with E-state index < -0.39 is 5.79 Å². The van der Waals surface area contributed by atoms with E-state index in [0.717, 1.165) is 117 Å². The van der Waals surface area contributed by atoms with Gasteiger partial charge < -0.3 is 21.3 Å². The third-order valence-electron chi connectivity index (χ3n) is 14.0. The maximum Gasteiger partial charge on any atom is 0.159 e. The largest absolute Gasteiger partial charge is 0.382 e. The maximum atomic E-state index is 8.24. The van der Waals surface area contributed by atoms with Crippen molar-refractivity contribution in [3.63, 3.8) is 0 Å². The molecule has 10 nitrogen and oxygen atoms in total. The molecule has 3 aromatic carbocycles. The molecule has 0 aromatic heterocycles. The molecule has 2 atom stereocenters. The summed E-state index contributed by atoms with van der Waals surface area (Å²) in [5.41, 5.74) is 11.9. The van der Waals surface area contributed by atoms with Gasteiger partial charge in [-0.2, -0.15) is 4.53 Å². The van der Waals surface area contributed by atoms with Crippen LogP contribution in [-0.4, -0.2) is 69.2 Å². The summed E-state index contributed by atoms with van der Waals surface area (Å²) in [6.07, 6.45) is 24.6. The number of nitrogens with zero attached hydrogens (tertiary/aromatic N) is 4. The van der Waals surface area contributed by atoms with E-state index in [1.807, 2.05) is 9.65 Å². The summed E-state index contributed by atoms with van der Waals surface area (Å²) in [5, 5.41) is 23.1. The Labute approximate surface area is 415 Å². The minimum Gasteiger partial charge on any atom is -0.382 e. The zero-order chi connectivity index (χ0) is 48.3. The van der Waals surface area contributed by atoms with E-state index in [0.29, 0.717) is 18.5 Å². The fraction of sp³-hybridized carbons (Fsp3) is 0.679. The average Bonchev–Trinajstić information content (AvgIpc) is 3.87. The quantitative estimate of drug-likeness (QED) is 0.0145. The van der Waals surface area contributed by atoms with E-state index in [2.05, 4.69) is 165 Å². The summed E-state index contributed by atoms with van der Waals surface area (Å²) in [6.45, 7) is 20.8. The van der Waals surface area contributed by atoms with Crippen molar-refractivity contribution >= 4 is 51.6 Å². The van der Waals surface area contributed by atoms with Gasteiger partial charge in [0.1, 0.15) is 5.69 Å². The normalized spacial score (nSPS) is 14.4. The van der Waals surface area contributed by atoms with Crippen molar-refractivity contribution in [2.75, 3.05) is 84.3 Å². The third kappa shape index (κ3) is 16.3.